The highest BCUT2D eigenvalue weighted by Gasteiger charge is 2.06. The van der Waals surface area contributed by atoms with Gasteiger partial charge < -0.3 is 0 Å². The van der Waals surface area contributed by atoms with E-state index in [0.29, 0.717) is 5.56 Å². The molecule has 1 aromatic carbocycles. The maximum Gasteiger partial charge on any atom is 0.126 e. The number of rotatable bonds is 1. The molecule has 0 unspecified atom stereocenters. The van der Waals surface area contributed by atoms with Crippen molar-refractivity contribution in [1.82, 2.24) is 9.78 Å². The van der Waals surface area contributed by atoms with Gasteiger partial charge in [-0.1, -0.05) is 0 Å². The molecule has 3 heteroatoms. The zero-order chi connectivity index (χ0) is 11.0. The van der Waals surface area contributed by atoms with Crippen molar-refractivity contribution in [2.24, 2.45) is 7.05 Å². The third-order valence-corrected chi connectivity index (χ3v) is 2.46. The molecule has 0 amide bonds. The number of halogens is 1. The first-order valence-corrected chi connectivity index (χ1v) is 4.85. The van der Waals surface area contributed by atoms with Gasteiger partial charge >= 0.3 is 0 Å². The number of aromatic nitrogens is 2. The van der Waals surface area contributed by atoms with E-state index in [1.54, 1.807) is 13.0 Å². The minimum atomic E-state index is -0.169. The summed E-state index contributed by atoms with van der Waals surface area (Å²) in [5.74, 6) is -0.169. The van der Waals surface area contributed by atoms with Crippen LogP contribution in [-0.4, -0.2) is 9.78 Å². The molecule has 0 aliphatic rings. The zero-order valence-electron chi connectivity index (χ0n) is 9.08. The largest absolute Gasteiger partial charge is 0.268 e. The second-order valence-corrected chi connectivity index (χ2v) is 3.76. The van der Waals surface area contributed by atoms with Crippen LogP contribution in [0.25, 0.3) is 11.3 Å². The van der Waals surface area contributed by atoms with Gasteiger partial charge in [-0.3, -0.25) is 4.68 Å². The fourth-order valence-corrected chi connectivity index (χ4v) is 1.68. The molecule has 0 radical (unpaired) electrons. The standard InChI is InChI=1S/C12H13FN2/c1-8-6-10(4-5-11(8)13)12-7-9(2)14-15(12)3/h4-7H,1-3H3. The SMILES string of the molecule is Cc1cc(-c2ccc(F)c(C)c2)n(C)n1. The van der Waals surface area contributed by atoms with Gasteiger partial charge in [0.2, 0.25) is 0 Å². The molecule has 2 nitrogen and oxygen atoms in total. The third kappa shape index (κ3) is 1.77. The minimum Gasteiger partial charge on any atom is -0.268 e. The van der Waals surface area contributed by atoms with Gasteiger partial charge in [-0.05, 0) is 43.7 Å². The van der Waals surface area contributed by atoms with Crippen molar-refractivity contribution in [3.63, 3.8) is 0 Å². The summed E-state index contributed by atoms with van der Waals surface area (Å²) >= 11 is 0. The van der Waals surface area contributed by atoms with Crippen LogP contribution in [0.15, 0.2) is 24.3 Å². The lowest BCUT2D eigenvalue weighted by Gasteiger charge is -2.03. The van der Waals surface area contributed by atoms with Crippen LogP contribution in [0.4, 0.5) is 4.39 Å². The molecule has 0 saturated heterocycles. The molecular weight excluding hydrogens is 191 g/mol. The molecule has 1 aromatic heterocycles. The summed E-state index contributed by atoms with van der Waals surface area (Å²) in [6, 6.07) is 7.10. The van der Waals surface area contributed by atoms with Gasteiger partial charge in [0.05, 0.1) is 11.4 Å². The Kier molecular flexibility index (Phi) is 2.31. The van der Waals surface area contributed by atoms with Crippen molar-refractivity contribution in [3.05, 3.63) is 41.3 Å². The van der Waals surface area contributed by atoms with Crippen LogP contribution in [0, 0.1) is 19.7 Å². The highest BCUT2D eigenvalue weighted by Crippen LogP contribution is 2.21. The van der Waals surface area contributed by atoms with Crippen LogP contribution in [0.3, 0.4) is 0 Å². The summed E-state index contributed by atoms with van der Waals surface area (Å²) in [5, 5.41) is 4.26. The van der Waals surface area contributed by atoms with Gasteiger partial charge in [0, 0.05) is 12.6 Å². The van der Waals surface area contributed by atoms with Crippen molar-refractivity contribution in [2.75, 3.05) is 0 Å². The Bertz CT molecular complexity index is 500. The monoisotopic (exact) mass is 204 g/mol. The Morgan fingerprint density at radius 3 is 2.47 bits per heavy atom. The van der Waals surface area contributed by atoms with Crippen LogP contribution in [0.5, 0.6) is 0 Å². The lowest BCUT2D eigenvalue weighted by Crippen LogP contribution is -1.94. The molecule has 2 aromatic rings. The van der Waals surface area contributed by atoms with Crippen molar-refractivity contribution < 1.29 is 4.39 Å². The maximum atomic E-state index is 13.1. The van der Waals surface area contributed by atoms with E-state index in [4.69, 9.17) is 0 Å². The lowest BCUT2D eigenvalue weighted by molar-refractivity contribution is 0.618. The second kappa shape index (κ2) is 3.50. The van der Waals surface area contributed by atoms with E-state index in [1.807, 2.05) is 30.8 Å². The smallest absolute Gasteiger partial charge is 0.126 e. The maximum absolute atomic E-state index is 13.1. The van der Waals surface area contributed by atoms with E-state index in [-0.39, 0.29) is 5.82 Å². The number of hydrogen-bond donors (Lipinski definition) is 0. The van der Waals surface area contributed by atoms with Gasteiger partial charge in [-0.2, -0.15) is 5.10 Å². The average molecular weight is 204 g/mol. The van der Waals surface area contributed by atoms with Crippen LogP contribution in [0.1, 0.15) is 11.3 Å². The Morgan fingerprint density at radius 2 is 1.93 bits per heavy atom. The van der Waals surface area contributed by atoms with Gasteiger partial charge in [0.15, 0.2) is 0 Å². The van der Waals surface area contributed by atoms with E-state index in [9.17, 15) is 4.39 Å². The van der Waals surface area contributed by atoms with Gasteiger partial charge in [-0.15, -0.1) is 0 Å². The summed E-state index contributed by atoms with van der Waals surface area (Å²) < 4.78 is 14.9. The van der Waals surface area contributed by atoms with Crippen molar-refractivity contribution >= 4 is 0 Å². The highest BCUT2D eigenvalue weighted by atomic mass is 19.1. The fraction of sp³-hybridized carbons (Fsp3) is 0.250. The van der Waals surface area contributed by atoms with Gasteiger partial charge in [0.25, 0.3) is 0 Å². The van der Waals surface area contributed by atoms with Gasteiger partial charge in [0.1, 0.15) is 5.82 Å². The first-order valence-electron chi connectivity index (χ1n) is 4.85. The summed E-state index contributed by atoms with van der Waals surface area (Å²) in [6.07, 6.45) is 0. The van der Waals surface area contributed by atoms with Crippen LogP contribution < -0.4 is 0 Å². The highest BCUT2D eigenvalue weighted by molar-refractivity contribution is 5.60. The minimum absolute atomic E-state index is 0.169. The molecule has 1 heterocycles. The average Bonchev–Trinajstić information content (AvgIpc) is 2.50. The van der Waals surface area contributed by atoms with Crippen LogP contribution in [-0.2, 0) is 7.05 Å². The Morgan fingerprint density at radius 1 is 1.20 bits per heavy atom. The molecular formula is C12H13FN2. The van der Waals surface area contributed by atoms with E-state index in [2.05, 4.69) is 5.10 Å². The molecule has 0 atom stereocenters. The molecule has 2 rings (SSSR count). The predicted octanol–water partition coefficient (Wildman–Crippen LogP) is 2.84. The molecule has 0 fully saturated rings. The molecule has 15 heavy (non-hydrogen) atoms. The van der Waals surface area contributed by atoms with Crippen molar-refractivity contribution in [2.45, 2.75) is 13.8 Å². The summed E-state index contributed by atoms with van der Waals surface area (Å²) in [5.41, 5.74) is 3.63. The molecule has 0 bridgehead atoms. The van der Waals surface area contributed by atoms with E-state index in [0.717, 1.165) is 17.0 Å². The molecule has 0 saturated carbocycles. The predicted molar refractivity (Wildman–Crippen MR) is 58.1 cm³/mol. The summed E-state index contributed by atoms with van der Waals surface area (Å²) in [4.78, 5) is 0. The first kappa shape index (κ1) is 9.90. The number of nitrogens with zero attached hydrogens (tertiary/aromatic N) is 2. The number of aryl methyl sites for hydroxylation is 3. The topological polar surface area (TPSA) is 17.8 Å². The number of benzene rings is 1. The van der Waals surface area contributed by atoms with E-state index >= 15 is 0 Å². The molecule has 0 N–H and O–H groups in total. The van der Waals surface area contributed by atoms with Gasteiger partial charge in [-0.25, -0.2) is 4.39 Å². The second-order valence-electron chi connectivity index (χ2n) is 3.76. The Hall–Kier alpha value is -1.64. The fourth-order valence-electron chi connectivity index (χ4n) is 1.68. The lowest BCUT2D eigenvalue weighted by atomic mass is 10.1. The summed E-state index contributed by atoms with van der Waals surface area (Å²) in [6.45, 7) is 3.71. The van der Waals surface area contributed by atoms with E-state index < -0.39 is 0 Å². The third-order valence-electron chi connectivity index (χ3n) is 2.46. The van der Waals surface area contributed by atoms with Crippen LogP contribution >= 0.6 is 0 Å². The first-order chi connectivity index (χ1) is 7.08. The molecule has 78 valence electrons. The molecule has 0 aliphatic heterocycles. The quantitative estimate of drug-likeness (QED) is 0.698. The van der Waals surface area contributed by atoms with Crippen molar-refractivity contribution in [3.8, 4) is 11.3 Å². The Balaban J connectivity index is 2.54. The number of hydrogen-bond acceptors (Lipinski definition) is 1. The Labute approximate surface area is 88.4 Å². The zero-order valence-corrected chi connectivity index (χ0v) is 9.08. The van der Waals surface area contributed by atoms with Crippen molar-refractivity contribution in [1.29, 1.82) is 0 Å². The normalized spacial score (nSPS) is 10.7. The van der Waals surface area contributed by atoms with E-state index in [1.165, 1.54) is 6.07 Å². The molecule has 0 aliphatic carbocycles. The molecule has 0 spiro atoms. The summed E-state index contributed by atoms with van der Waals surface area (Å²) in [7, 11) is 1.89. The van der Waals surface area contributed by atoms with Crippen LogP contribution in [0.2, 0.25) is 0 Å².